The van der Waals surface area contributed by atoms with Crippen molar-refractivity contribution in [1.82, 2.24) is 0 Å². The first-order chi connectivity index (χ1) is 17.3. The van der Waals surface area contributed by atoms with Crippen LogP contribution in [-0.2, 0) is 9.59 Å². The highest BCUT2D eigenvalue weighted by atomic mass is 28.4. The fourth-order valence-corrected chi connectivity index (χ4v) is 6.56. The van der Waals surface area contributed by atoms with Crippen molar-refractivity contribution in [1.29, 1.82) is 0 Å². The number of allylic oxidation sites excluding steroid dienone is 3. The molecule has 0 aliphatic heterocycles. The Kier molecular flexibility index (Phi) is 9.62. The van der Waals surface area contributed by atoms with Crippen molar-refractivity contribution >= 4 is 20.1 Å². The van der Waals surface area contributed by atoms with E-state index in [1.807, 2.05) is 37.3 Å². The van der Waals surface area contributed by atoms with Gasteiger partial charge in [-0.2, -0.15) is 0 Å². The van der Waals surface area contributed by atoms with Gasteiger partial charge in [0.15, 0.2) is 0 Å². The summed E-state index contributed by atoms with van der Waals surface area (Å²) in [7, 11) is -1.90. The second-order valence-corrected chi connectivity index (χ2v) is 17.2. The van der Waals surface area contributed by atoms with Gasteiger partial charge in [-0.15, -0.1) is 0 Å². The number of carbonyl (C=O) groups is 2. The van der Waals surface area contributed by atoms with Crippen LogP contribution in [0.3, 0.4) is 0 Å². The van der Waals surface area contributed by atoms with E-state index in [1.54, 1.807) is 0 Å². The molecule has 37 heavy (non-hydrogen) atoms. The zero-order chi connectivity index (χ0) is 27.4. The number of aliphatic hydroxyl groups is 1. The number of benzene rings is 1. The summed E-state index contributed by atoms with van der Waals surface area (Å²) in [6.07, 6.45) is 11.8. The van der Waals surface area contributed by atoms with E-state index in [4.69, 9.17) is 9.53 Å². The molecular weight excluding hydrogens is 480 g/mol. The van der Waals surface area contributed by atoms with Gasteiger partial charge in [-0.1, -0.05) is 64.1 Å². The summed E-state index contributed by atoms with van der Waals surface area (Å²) in [5, 5.41) is 19.9. The van der Waals surface area contributed by atoms with Crippen LogP contribution < -0.4 is 4.43 Å². The number of carboxylic acid groups (broad SMARTS) is 1. The summed E-state index contributed by atoms with van der Waals surface area (Å²) in [6.45, 7) is 13.2. The third-order valence-electron chi connectivity index (χ3n) is 8.96. The van der Waals surface area contributed by atoms with E-state index >= 15 is 0 Å². The molecule has 2 fully saturated rings. The number of carbonyl (C=O) groups excluding carboxylic acids is 1. The molecule has 3 rings (SSSR count). The maximum atomic E-state index is 12.8. The average Bonchev–Trinajstić information content (AvgIpc) is 3.30. The topological polar surface area (TPSA) is 83.8 Å². The third kappa shape index (κ3) is 7.23. The Bertz CT molecular complexity index is 988. The van der Waals surface area contributed by atoms with Crippen molar-refractivity contribution in [3.63, 3.8) is 0 Å². The normalized spacial score (nSPS) is 25.8. The van der Waals surface area contributed by atoms with Crippen molar-refractivity contribution < 1.29 is 24.2 Å². The lowest BCUT2D eigenvalue weighted by Gasteiger charge is -2.36. The van der Waals surface area contributed by atoms with Gasteiger partial charge in [0, 0.05) is 24.2 Å². The molecule has 0 heterocycles. The number of carboxylic acids is 1. The number of Topliss-reactive ketones (excluding diaryl/α,β-unsaturated/α-hetero) is 1. The Balaban J connectivity index is 1.60. The van der Waals surface area contributed by atoms with Crippen LogP contribution in [0.15, 0.2) is 48.6 Å². The van der Waals surface area contributed by atoms with Crippen LogP contribution in [-0.4, -0.2) is 36.4 Å². The van der Waals surface area contributed by atoms with Gasteiger partial charge in [-0.3, -0.25) is 9.59 Å². The summed E-state index contributed by atoms with van der Waals surface area (Å²) in [5.74, 6) is 1.06. The molecule has 1 aromatic rings. The second kappa shape index (κ2) is 12.1. The van der Waals surface area contributed by atoms with Crippen LogP contribution in [0.4, 0.5) is 0 Å². The molecule has 1 aromatic carbocycles. The first kappa shape index (κ1) is 29.4. The summed E-state index contributed by atoms with van der Waals surface area (Å²) in [4.78, 5) is 23.5. The molecule has 5 nitrogen and oxygen atoms in total. The molecule has 2 bridgehead atoms. The molecule has 0 amide bonds. The lowest BCUT2D eigenvalue weighted by molar-refractivity contribution is -0.137. The Hall–Kier alpha value is -2.18. The standard InChI is InChI=1S/C31H46O5Si/c1-21(22-13-15-23(16-14-22)36-37(5,6)31(2,3)4)28(32)20-19-25-24(26-17-18-27(25)30(26)35)11-9-7-8-10-12-29(33)34/h7,9,13-16,19-21,24-28,32H,8,10-12,17-18H2,1-6H3,(H,33,34)/b9-7-,20-19+/t21?,24-,25+,26-,27+,28?/m0/s1. The van der Waals surface area contributed by atoms with E-state index in [9.17, 15) is 14.7 Å². The van der Waals surface area contributed by atoms with Crippen molar-refractivity contribution in [2.45, 2.75) is 96.4 Å². The Morgan fingerprint density at radius 1 is 1.14 bits per heavy atom. The van der Waals surface area contributed by atoms with Gasteiger partial charge in [-0.05, 0) is 79.8 Å². The SMILES string of the molecule is CC(c1ccc(O[Si](C)(C)C(C)(C)C)cc1)C(O)/C=C/[C@@H]1[C@H](C/C=C\CCCC(=O)O)[C@@H]2CC[C@H]1C2=O. The Morgan fingerprint density at radius 3 is 2.41 bits per heavy atom. The van der Waals surface area contributed by atoms with Gasteiger partial charge in [0.1, 0.15) is 11.5 Å². The number of fused-ring (bicyclic) bond motifs is 2. The molecule has 2 saturated carbocycles. The van der Waals surface area contributed by atoms with Crippen LogP contribution >= 0.6 is 0 Å². The second-order valence-electron chi connectivity index (χ2n) is 12.5. The van der Waals surface area contributed by atoms with Crippen LogP contribution in [0.2, 0.25) is 18.1 Å². The van der Waals surface area contributed by atoms with Gasteiger partial charge in [0.2, 0.25) is 8.32 Å². The highest BCUT2D eigenvalue weighted by molar-refractivity contribution is 6.74. The molecule has 0 spiro atoms. The molecule has 2 N–H and O–H groups in total. The quantitative estimate of drug-likeness (QED) is 0.172. The number of hydrogen-bond donors (Lipinski definition) is 2. The highest BCUT2D eigenvalue weighted by Crippen LogP contribution is 2.52. The smallest absolute Gasteiger partial charge is 0.303 e. The molecule has 6 heteroatoms. The summed E-state index contributed by atoms with van der Waals surface area (Å²) in [5.41, 5.74) is 1.06. The zero-order valence-corrected chi connectivity index (χ0v) is 24.4. The predicted molar refractivity (Wildman–Crippen MR) is 151 cm³/mol. The maximum Gasteiger partial charge on any atom is 0.303 e. The number of aliphatic hydroxyl groups excluding tert-OH is 1. The van der Waals surface area contributed by atoms with Crippen molar-refractivity contribution in [3.8, 4) is 5.75 Å². The molecule has 0 radical (unpaired) electrons. The van der Waals surface area contributed by atoms with Gasteiger partial charge >= 0.3 is 5.97 Å². The van der Waals surface area contributed by atoms with Crippen molar-refractivity contribution in [3.05, 3.63) is 54.1 Å². The minimum absolute atomic E-state index is 0.0694. The van der Waals surface area contributed by atoms with E-state index in [0.29, 0.717) is 12.2 Å². The molecular formula is C31H46O5Si. The highest BCUT2D eigenvalue weighted by Gasteiger charge is 2.52. The lowest BCUT2D eigenvalue weighted by atomic mass is 9.77. The van der Waals surface area contributed by atoms with Gasteiger partial charge in [-0.25, -0.2) is 0 Å². The maximum absolute atomic E-state index is 12.8. The minimum Gasteiger partial charge on any atom is -0.544 e. The van der Waals surface area contributed by atoms with Gasteiger partial charge in [0.05, 0.1) is 6.10 Å². The molecule has 6 atom stereocenters. The summed E-state index contributed by atoms with van der Waals surface area (Å²) >= 11 is 0. The minimum atomic E-state index is -1.90. The van der Waals surface area contributed by atoms with Crippen molar-refractivity contribution in [2.75, 3.05) is 0 Å². The fourth-order valence-electron chi connectivity index (χ4n) is 5.53. The van der Waals surface area contributed by atoms with Gasteiger partial charge in [0.25, 0.3) is 0 Å². The van der Waals surface area contributed by atoms with Crippen LogP contribution in [0.25, 0.3) is 0 Å². The van der Waals surface area contributed by atoms with Crippen LogP contribution in [0.5, 0.6) is 5.75 Å². The number of rotatable bonds is 12. The van der Waals surface area contributed by atoms with E-state index in [1.165, 1.54) is 0 Å². The molecule has 0 aromatic heterocycles. The van der Waals surface area contributed by atoms with E-state index < -0.39 is 20.4 Å². The molecule has 0 saturated heterocycles. The summed E-state index contributed by atoms with van der Waals surface area (Å²) < 4.78 is 6.39. The number of aliphatic carboxylic acids is 1. The monoisotopic (exact) mass is 526 g/mol. The third-order valence-corrected chi connectivity index (χ3v) is 13.3. The first-order valence-corrected chi connectivity index (χ1v) is 16.8. The van der Waals surface area contributed by atoms with E-state index in [-0.39, 0.29) is 41.0 Å². The van der Waals surface area contributed by atoms with Crippen LogP contribution in [0.1, 0.15) is 77.7 Å². The average molecular weight is 527 g/mol. The lowest BCUT2D eigenvalue weighted by Crippen LogP contribution is -2.43. The molecule has 204 valence electrons. The number of unbranched alkanes of at least 4 members (excludes halogenated alkanes) is 1. The molecule has 2 aliphatic rings. The summed E-state index contributed by atoms with van der Waals surface area (Å²) in [6, 6.07) is 8.11. The first-order valence-electron chi connectivity index (χ1n) is 13.9. The molecule has 2 unspecified atom stereocenters. The Morgan fingerprint density at radius 2 is 1.78 bits per heavy atom. The largest absolute Gasteiger partial charge is 0.544 e. The fraction of sp³-hybridized carbons (Fsp3) is 0.613. The van der Waals surface area contributed by atoms with E-state index in [0.717, 1.165) is 37.0 Å². The van der Waals surface area contributed by atoms with Crippen LogP contribution in [0, 0.1) is 23.7 Å². The van der Waals surface area contributed by atoms with Crippen molar-refractivity contribution in [2.24, 2.45) is 23.7 Å². The predicted octanol–water partition coefficient (Wildman–Crippen LogP) is 7.13. The Labute approximate surface area is 224 Å². The number of ketones is 1. The zero-order valence-electron chi connectivity index (χ0n) is 23.4. The van der Waals surface area contributed by atoms with Gasteiger partial charge < -0.3 is 14.6 Å². The number of hydrogen-bond acceptors (Lipinski definition) is 4. The van der Waals surface area contributed by atoms with E-state index in [2.05, 4.69) is 52.1 Å². The molecule has 2 aliphatic carbocycles.